The van der Waals surface area contributed by atoms with E-state index < -0.39 is 0 Å². The third-order valence-electron chi connectivity index (χ3n) is 7.30. The number of carbonyl (C=O) groups is 2. The first-order chi connectivity index (χ1) is 13.6. The lowest BCUT2D eigenvalue weighted by atomic mass is 9.59. The van der Waals surface area contributed by atoms with Gasteiger partial charge in [0.05, 0.1) is 12.5 Å². The van der Waals surface area contributed by atoms with Crippen LogP contribution in [-0.4, -0.2) is 24.7 Å². The Hall–Kier alpha value is -2.04. The molecule has 1 aromatic rings. The van der Waals surface area contributed by atoms with Crippen molar-refractivity contribution in [3.05, 3.63) is 35.9 Å². The molecule has 5 nitrogen and oxygen atoms in total. The minimum Gasteiger partial charge on any atom is -0.466 e. The summed E-state index contributed by atoms with van der Waals surface area (Å²) in [4.78, 5) is 25.0. The molecule has 152 valence electrons. The van der Waals surface area contributed by atoms with Gasteiger partial charge in [-0.05, 0) is 68.3 Å². The number of amides is 1. The molecule has 2 bridgehead atoms. The Morgan fingerprint density at radius 2 is 1.96 bits per heavy atom. The number of esters is 1. The summed E-state index contributed by atoms with van der Waals surface area (Å²) >= 11 is 0. The highest BCUT2D eigenvalue weighted by molar-refractivity contribution is 5.73. The smallest absolute Gasteiger partial charge is 0.407 e. The SMILES string of the molecule is CCOC(=O)[C@@H]1CCC[C@@]2(C1)[C@H]1CC[C@H](C1)[C@H]2NC(=O)OCc1ccccc1. The number of benzene rings is 1. The van der Waals surface area contributed by atoms with Crippen molar-refractivity contribution in [3.8, 4) is 0 Å². The minimum atomic E-state index is -0.334. The van der Waals surface area contributed by atoms with Gasteiger partial charge in [0, 0.05) is 6.04 Å². The van der Waals surface area contributed by atoms with Gasteiger partial charge < -0.3 is 14.8 Å². The van der Waals surface area contributed by atoms with Crippen LogP contribution in [-0.2, 0) is 20.9 Å². The lowest BCUT2D eigenvalue weighted by molar-refractivity contribution is -0.151. The Labute approximate surface area is 167 Å². The lowest BCUT2D eigenvalue weighted by Crippen LogP contribution is -2.54. The van der Waals surface area contributed by atoms with E-state index in [2.05, 4.69) is 5.32 Å². The summed E-state index contributed by atoms with van der Waals surface area (Å²) < 4.78 is 10.8. The first-order valence-corrected chi connectivity index (χ1v) is 10.8. The molecule has 5 heteroatoms. The average Bonchev–Trinajstić information content (AvgIpc) is 3.30. The number of carbonyl (C=O) groups excluding carboxylic acids is 2. The topological polar surface area (TPSA) is 64.6 Å². The Kier molecular flexibility index (Phi) is 5.61. The van der Waals surface area contributed by atoms with E-state index in [9.17, 15) is 9.59 Å². The third-order valence-corrected chi connectivity index (χ3v) is 7.30. The fourth-order valence-electron chi connectivity index (χ4n) is 6.17. The van der Waals surface area contributed by atoms with Gasteiger partial charge in [-0.2, -0.15) is 0 Å². The van der Waals surface area contributed by atoms with E-state index in [1.165, 1.54) is 19.3 Å². The van der Waals surface area contributed by atoms with Crippen LogP contribution in [0.1, 0.15) is 57.4 Å². The standard InChI is InChI=1S/C23H31NO4/c1-2-27-21(25)18-9-6-12-23(14-18)19-11-10-17(13-19)20(23)24-22(26)28-15-16-7-4-3-5-8-16/h3-5,7-8,17-20H,2,6,9-15H2,1H3,(H,24,26)/t17-,18-,19+,20-,23-/m1/s1. The molecule has 0 heterocycles. The molecule has 0 aromatic heterocycles. The van der Waals surface area contributed by atoms with Crippen molar-refractivity contribution in [2.24, 2.45) is 23.2 Å². The van der Waals surface area contributed by atoms with E-state index >= 15 is 0 Å². The second-order valence-electron chi connectivity index (χ2n) is 8.73. The summed E-state index contributed by atoms with van der Waals surface area (Å²) in [7, 11) is 0. The van der Waals surface area contributed by atoms with Crippen molar-refractivity contribution in [3.63, 3.8) is 0 Å². The van der Waals surface area contributed by atoms with E-state index in [1.54, 1.807) is 0 Å². The van der Waals surface area contributed by atoms with Crippen molar-refractivity contribution in [2.75, 3.05) is 6.61 Å². The fraction of sp³-hybridized carbons (Fsp3) is 0.652. The van der Waals surface area contributed by atoms with Gasteiger partial charge in [0.25, 0.3) is 0 Å². The summed E-state index contributed by atoms with van der Waals surface area (Å²) in [5, 5.41) is 3.22. The average molecular weight is 386 g/mol. The second kappa shape index (κ2) is 8.14. The van der Waals surface area contributed by atoms with E-state index in [0.29, 0.717) is 18.4 Å². The predicted molar refractivity (Wildman–Crippen MR) is 105 cm³/mol. The van der Waals surface area contributed by atoms with Gasteiger partial charge in [-0.15, -0.1) is 0 Å². The molecule has 0 radical (unpaired) electrons. The van der Waals surface area contributed by atoms with Crippen LogP contribution in [0.2, 0.25) is 0 Å². The summed E-state index contributed by atoms with van der Waals surface area (Å²) in [5.74, 6) is 1.02. The molecule has 3 aliphatic carbocycles. The quantitative estimate of drug-likeness (QED) is 0.761. The molecule has 0 aliphatic heterocycles. The molecular weight excluding hydrogens is 354 g/mol. The summed E-state index contributed by atoms with van der Waals surface area (Å²) in [5.41, 5.74) is 1.02. The van der Waals surface area contributed by atoms with Crippen LogP contribution in [0.3, 0.4) is 0 Å². The molecule has 28 heavy (non-hydrogen) atoms. The molecule has 1 spiro atoms. The van der Waals surface area contributed by atoms with Crippen LogP contribution in [0.5, 0.6) is 0 Å². The predicted octanol–water partition coefficient (Wildman–Crippen LogP) is 4.45. The van der Waals surface area contributed by atoms with Crippen molar-refractivity contribution < 1.29 is 19.1 Å². The molecule has 4 rings (SSSR count). The Balaban J connectivity index is 1.43. The van der Waals surface area contributed by atoms with Crippen LogP contribution in [0.15, 0.2) is 30.3 Å². The number of alkyl carbamates (subject to hydrolysis) is 1. The fourth-order valence-corrected chi connectivity index (χ4v) is 6.17. The molecule has 3 saturated carbocycles. The summed E-state index contributed by atoms with van der Waals surface area (Å²) in [6.45, 7) is 2.58. The monoisotopic (exact) mass is 385 g/mol. The number of hydrogen-bond acceptors (Lipinski definition) is 4. The van der Waals surface area contributed by atoms with Crippen LogP contribution in [0.4, 0.5) is 4.79 Å². The molecule has 3 aliphatic rings. The first-order valence-electron chi connectivity index (χ1n) is 10.8. The van der Waals surface area contributed by atoms with Crippen LogP contribution in [0, 0.1) is 23.2 Å². The van der Waals surface area contributed by atoms with Gasteiger partial charge in [-0.1, -0.05) is 36.8 Å². The van der Waals surface area contributed by atoms with Gasteiger partial charge in [0.15, 0.2) is 0 Å². The highest BCUT2D eigenvalue weighted by Gasteiger charge is 2.60. The number of rotatable bonds is 5. The maximum atomic E-state index is 12.6. The van der Waals surface area contributed by atoms with Crippen molar-refractivity contribution in [1.29, 1.82) is 0 Å². The van der Waals surface area contributed by atoms with Gasteiger partial charge in [0.1, 0.15) is 6.61 Å². The second-order valence-corrected chi connectivity index (χ2v) is 8.73. The normalized spacial score (nSPS) is 33.6. The zero-order valence-electron chi connectivity index (χ0n) is 16.7. The summed E-state index contributed by atoms with van der Waals surface area (Å²) in [6.07, 6.45) is 7.09. The van der Waals surface area contributed by atoms with Gasteiger partial charge in [0.2, 0.25) is 0 Å². The molecule has 3 fully saturated rings. The molecular formula is C23H31NO4. The highest BCUT2D eigenvalue weighted by atomic mass is 16.5. The maximum absolute atomic E-state index is 12.6. The Morgan fingerprint density at radius 3 is 2.75 bits per heavy atom. The number of nitrogens with one attached hydrogen (secondary N) is 1. The first kappa shape index (κ1) is 19.3. The van der Waals surface area contributed by atoms with Crippen LogP contribution in [0.25, 0.3) is 0 Å². The van der Waals surface area contributed by atoms with Gasteiger partial charge >= 0.3 is 12.1 Å². The number of hydrogen-bond donors (Lipinski definition) is 1. The number of ether oxygens (including phenoxy) is 2. The highest BCUT2D eigenvalue weighted by Crippen LogP contribution is 2.62. The largest absolute Gasteiger partial charge is 0.466 e. The molecule has 1 aromatic carbocycles. The van der Waals surface area contributed by atoms with Crippen LogP contribution >= 0.6 is 0 Å². The van der Waals surface area contributed by atoms with E-state index in [4.69, 9.17) is 9.47 Å². The molecule has 0 saturated heterocycles. The number of fused-ring (bicyclic) bond motifs is 3. The summed E-state index contributed by atoms with van der Waals surface area (Å²) in [6, 6.07) is 9.87. The van der Waals surface area contributed by atoms with Crippen molar-refractivity contribution in [2.45, 2.75) is 64.5 Å². The Bertz CT molecular complexity index is 706. The van der Waals surface area contributed by atoms with E-state index in [-0.39, 0.29) is 36.0 Å². The zero-order chi connectivity index (χ0) is 19.6. The molecule has 1 N–H and O–H groups in total. The van der Waals surface area contributed by atoms with Gasteiger partial charge in [-0.25, -0.2) is 4.79 Å². The molecule has 1 amide bonds. The molecule has 5 atom stereocenters. The van der Waals surface area contributed by atoms with Crippen molar-refractivity contribution in [1.82, 2.24) is 5.32 Å². The third kappa shape index (κ3) is 3.63. The van der Waals surface area contributed by atoms with E-state index in [1.807, 2.05) is 37.3 Å². The Morgan fingerprint density at radius 1 is 1.14 bits per heavy atom. The van der Waals surface area contributed by atoms with Gasteiger partial charge in [-0.3, -0.25) is 4.79 Å². The van der Waals surface area contributed by atoms with Crippen molar-refractivity contribution >= 4 is 12.1 Å². The minimum absolute atomic E-state index is 0.0299. The lowest BCUT2D eigenvalue weighted by Gasteiger charge is -2.48. The maximum Gasteiger partial charge on any atom is 0.407 e. The molecule has 0 unspecified atom stereocenters. The van der Waals surface area contributed by atoms with E-state index in [0.717, 1.165) is 31.2 Å². The van der Waals surface area contributed by atoms with Crippen LogP contribution < -0.4 is 5.32 Å². The zero-order valence-corrected chi connectivity index (χ0v) is 16.7.